The van der Waals surface area contributed by atoms with E-state index in [2.05, 4.69) is 39.6 Å². The van der Waals surface area contributed by atoms with Gasteiger partial charge in [-0.05, 0) is 30.7 Å². The minimum Gasteiger partial charge on any atom is -0.348 e. The highest BCUT2D eigenvalue weighted by Gasteiger charge is 2.02. The Morgan fingerprint density at radius 3 is 2.58 bits per heavy atom. The lowest BCUT2D eigenvalue weighted by Crippen LogP contribution is -2.03. The highest BCUT2D eigenvalue weighted by molar-refractivity contribution is 7.12. The number of anilines is 1. The van der Waals surface area contributed by atoms with Crippen molar-refractivity contribution in [2.24, 2.45) is 0 Å². The topological polar surface area (TPSA) is 50.7 Å². The summed E-state index contributed by atoms with van der Waals surface area (Å²) < 4.78 is 0. The van der Waals surface area contributed by atoms with Gasteiger partial charge in [-0.2, -0.15) is 0 Å². The lowest BCUT2D eigenvalue weighted by Gasteiger charge is -2.03. The van der Waals surface area contributed by atoms with Crippen LogP contribution in [0.15, 0.2) is 36.4 Å². The van der Waals surface area contributed by atoms with Crippen molar-refractivity contribution < 1.29 is 0 Å². The Hall–Kier alpha value is -2.01. The molecule has 2 aromatic heterocycles. The summed E-state index contributed by atoms with van der Waals surface area (Å²) in [7, 11) is 0. The summed E-state index contributed by atoms with van der Waals surface area (Å²) in [6.45, 7) is 2.91. The SMILES string of the molecule is CCc1ccc(CNc2nnc3ccccc3n2)s1. The van der Waals surface area contributed by atoms with Gasteiger partial charge in [0.1, 0.15) is 5.52 Å². The van der Waals surface area contributed by atoms with E-state index in [9.17, 15) is 0 Å². The maximum Gasteiger partial charge on any atom is 0.243 e. The van der Waals surface area contributed by atoms with Gasteiger partial charge >= 0.3 is 0 Å². The normalized spacial score (nSPS) is 10.8. The average molecular weight is 270 g/mol. The predicted molar refractivity (Wildman–Crippen MR) is 78.4 cm³/mol. The number of aryl methyl sites for hydroxylation is 1. The first-order valence-electron chi connectivity index (χ1n) is 6.26. The van der Waals surface area contributed by atoms with Crippen molar-refractivity contribution in [2.75, 3.05) is 5.32 Å². The van der Waals surface area contributed by atoms with Gasteiger partial charge in [0.05, 0.1) is 12.1 Å². The minimum atomic E-state index is 0.574. The van der Waals surface area contributed by atoms with E-state index in [1.807, 2.05) is 35.6 Å². The number of nitrogens with zero attached hydrogens (tertiary/aromatic N) is 3. The van der Waals surface area contributed by atoms with E-state index >= 15 is 0 Å². The Bertz CT molecular complexity index is 692. The first-order chi connectivity index (χ1) is 9.35. The molecule has 0 aliphatic rings. The van der Waals surface area contributed by atoms with Gasteiger partial charge in [-0.1, -0.05) is 19.1 Å². The van der Waals surface area contributed by atoms with Crippen molar-refractivity contribution in [3.05, 3.63) is 46.2 Å². The maximum atomic E-state index is 4.44. The first kappa shape index (κ1) is 12.0. The molecule has 3 aromatic rings. The number of aromatic nitrogens is 3. The van der Waals surface area contributed by atoms with Crippen LogP contribution in [0, 0.1) is 0 Å². The van der Waals surface area contributed by atoms with Crippen LogP contribution in [0.5, 0.6) is 0 Å². The maximum absolute atomic E-state index is 4.44. The van der Waals surface area contributed by atoms with Crippen LogP contribution in [0.3, 0.4) is 0 Å². The van der Waals surface area contributed by atoms with Crippen LogP contribution < -0.4 is 5.32 Å². The highest BCUT2D eigenvalue weighted by atomic mass is 32.1. The molecule has 0 aliphatic heterocycles. The van der Waals surface area contributed by atoms with Gasteiger partial charge < -0.3 is 5.32 Å². The average Bonchev–Trinajstić information content (AvgIpc) is 2.93. The molecular weight excluding hydrogens is 256 g/mol. The number of para-hydroxylation sites is 1. The Morgan fingerprint density at radius 2 is 1.79 bits per heavy atom. The summed E-state index contributed by atoms with van der Waals surface area (Å²) in [4.78, 5) is 7.12. The minimum absolute atomic E-state index is 0.574. The third-order valence-corrected chi connectivity index (χ3v) is 4.08. The molecule has 19 heavy (non-hydrogen) atoms. The molecule has 0 radical (unpaired) electrons. The molecule has 96 valence electrons. The standard InChI is InChI=1S/C14H14N4S/c1-2-10-7-8-11(19-10)9-15-14-16-12-5-3-4-6-13(12)17-18-14/h3-8H,2,9H2,1H3,(H,15,16,18). The van der Waals surface area contributed by atoms with E-state index in [4.69, 9.17) is 0 Å². The van der Waals surface area contributed by atoms with E-state index in [0.29, 0.717) is 5.95 Å². The second-order valence-electron chi connectivity index (χ2n) is 4.20. The van der Waals surface area contributed by atoms with E-state index in [1.165, 1.54) is 9.75 Å². The zero-order chi connectivity index (χ0) is 13.1. The lowest BCUT2D eigenvalue weighted by atomic mass is 10.3. The fourth-order valence-electron chi connectivity index (χ4n) is 1.83. The van der Waals surface area contributed by atoms with Crippen LogP contribution in [0.1, 0.15) is 16.7 Å². The van der Waals surface area contributed by atoms with Crippen molar-refractivity contribution in [1.29, 1.82) is 0 Å². The summed E-state index contributed by atoms with van der Waals surface area (Å²) in [5.74, 6) is 0.574. The van der Waals surface area contributed by atoms with E-state index in [-0.39, 0.29) is 0 Å². The van der Waals surface area contributed by atoms with Crippen LogP contribution in [-0.4, -0.2) is 15.2 Å². The van der Waals surface area contributed by atoms with Gasteiger partial charge in [0.25, 0.3) is 0 Å². The third kappa shape index (κ3) is 2.71. The predicted octanol–water partition coefficient (Wildman–Crippen LogP) is 3.26. The first-order valence-corrected chi connectivity index (χ1v) is 7.07. The van der Waals surface area contributed by atoms with Crippen molar-refractivity contribution in [1.82, 2.24) is 15.2 Å². The molecular formula is C14H14N4S. The van der Waals surface area contributed by atoms with Gasteiger partial charge in [0.2, 0.25) is 5.95 Å². The van der Waals surface area contributed by atoms with Crippen LogP contribution in [0.4, 0.5) is 5.95 Å². The van der Waals surface area contributed by atoms with E-state index in [0.717, 1.165) is 24.0 Å². The number of rotatable bonds is 4. The fraction of sp³-hybridized carbons (Fsp3) is 0.214. The largest absolute Gasteiger partial charge is 0.348 e. The monoisotopic (exact) mass is 270 g/mol. The van der Waals surface area contributed by atoms with Crippen molar-refractivity contribution in [2.45, 2.75) is 19.9 Å². The van der Waals surface area contributed by atoms with Crippen LogP contribution >= 0.6 is 11.3 Å². The second kappa shape index (κ2) is 5.32. The molecule has 0 fully saturated rings. The van der Waals surface area contributed by atoms with Gasteiger partial charge in [-0.15, -0.1) is 21.5 Å². The van der Waals surface area contributed by atoms with Crippen LogP contribution in [0.2, 0.25) is 0 Å². The number of benzene rings is 1. The summed E-state index contributed by atoms with van der Waals surface area (Å²) in [5, 5.41) is 11.4. The van der Waals surface area contributed by atoms with Gasteiger partial charge in [0.15, 0.2) is 0 Å². The molecule has 2 heterocycles. The Balaban J connectivity index is 1.74. The Morgan fingerprint density at radius 1 is 1.00 bits per heavy atom. The van der Waals surface area contributed by atoms with Crippen LogP contribution in [-0.2, 0) is 13.0 Å². The van der Waals surface area contributed by atoms with E-state index < -0.39 is 0 Å². The molecule has 1 aromatic carbocycles. The van der Waals surface area contributed by atoms with E-state index in [1.54, 1.807) is 0 Å². The number of hydrogen-bond acceptors (Lipinski definition) is 5. The summed E-state index contributed by atoms with van der Waals surface area (Å²) in [6.07, 6.45) is 1.08. The molecule has 0 aliphatic carbocycles. The van der Waals surface area contributed by atoms with Gasteiger partial charge in [-0.3, -0.25) is 0 Å². The zero-order valence-electron chi connectivity index (χ0n) is 10.6. The second-order valence-corrected chi connectivity index (χ2v) is 5.45. The van der Waals surface area contributed by atoms with Gasteiger partial charge in [0, 0.05) is 9.75 Å². The molecule has 0 bridgehead atoms. The zero-order valence-corrected chi connectivity index (χ0v) is 11.4. The molecule has 0 saturated heterocycles. The number of thiophene rings is 1. The third-order valence-electron chi connectivity index (χ3n) is 2.85. The number of fused-ring (bicyclic) bond motifs is 1. The lowest BCUT2D eigenvalue weighted by molar-refractivity contribution is 0.990. The molecule has 0 atom stereocenters. The molecule has 5 heteroatoms. The molecule has 0 amide bonds. The summed E-state index contributed by atoms with van der Waals surface area (Å²) >= 11 is 1.82. The molecule has 3 rings (SSSR count). The highest BCUT2D eigenvalue weighted by Crippen LogP contribution is 2.18. The summed E-state index contributed by atoms with van der Waals surface area (Å²) in [6, 6.07) is 12.0. The smallest absolute Gasteiger partial charge is 0.243 e. The molecule has 4 nitrogen and oxygen atoms in total. The molecule has 0 saturated carbocycles. The van der Waals surface area contributed by atoms with Gasteiger partial charge in [-0.25, -0.2) is 4.98 Å². The molecule has 0 spiro atoms. The Kier molecular flexibility index (Phi) is 3.37. The number of hydrogen-bond donors (Lipinski definition) is 1. The van der Waals surface area contributed by atoms with Crippen LogP contribution in [0.25, 0.3) is 11.0 Å². The van der Waals surface area contributed by atoms with Crippen molar-refractivity contribution >= 4 is 28.3 Å². The van der Waals surface area contributed by atoms with Crippen molar-refractivity contribution in [3.8, 4) is 0 Å². The fourth-order valence-corrected chi connectivity index (χ4v) is 2.73. The quantitative estimate of drug-likeness (QED) is 0.790. The Labute approximate surface area is 115 Å². The molecule has 0 unspecified atom stereocenters. The van der Waals surface area contributed by atoms with Crippen molar-refractivity contribution in [3.63, 3.8) is 0 Å². The molecule has 1 N–H and O–H groups in total. The summed E-state index contributed by atoms with van der Waals surface area (Å²) in [5.41, 5.74) is 1.68. The number of nitrogens with one attached hydrogen (secondary N) is 1.